The Balaban J connectivity index is 0.000000206. The van der Waals surface area contributed by atoms with Crippen molar-refractivity contribution in [2.75, 3.05) is 26.2 Å². The molecule has 0 bridgehead atoms. The van der Waals surface area contributed by atoms with Crippen LogP contribution in [0.25, 0.3) is 0 Å². The van der Waals surface area contributed by atoms with Crippen molar-refractivity contribution in [1.29, 1.82) is 0 Å². The highest BCUT2D eigenvalue weighted by Crippen LogP contribution is 1.79. The van der Waals surface area contributed by atoms with Gasteiger partial charge in [0.25, 0.3) is 0 Å². The molecule has 0 amide bonds. The molecular formula is C10H20N4. The highest BCUT2D eigenvalue weighted by atomic mass is 15.0. The Morgan fingerprint density at radius 3 is 0.929 bits per heavy atom. The number of nitrogens with two attached hydrogens (primary N) is 2. The Labute approximate surface area is 85.6 Å². The van der Waals surface area contributed by atoms with E-state index >= 15 is 0 Å². The zero-order valence-electron chi connectivity index (χ0n) is 8.45. The van der Waals surface area contributed by atoms with E-state index in [-0.39, 0.29) is 0 Å². The van der Waals surface area contributed by atoms with Gasteiger partial charge in [-0.15, -0.1) is 0 Å². The summed E-state index contributed by atoms with van der Waals surface area (Å²) in [6.45, 7) is 4.56. The second kappa shape index (κ2) is 12.1. The zero-order valence-corrected chi connectivity index (χ0v) is 8.45. The Kier molecular flexibility index (Phi) is 11.3. The van der Waals surface area contributed by atoms with Gasteiger partial charge in [-0.1, -0.05) is 36.4 Å². The summed E-state index contributed by atoms with van der Waals surface area (Å²) in [5.41, 5.74) is 0. The fraction of sp³-hybridized carbons (Fsp3) is 0.400. The predicted molar refractivity (Wildman–Crippen MR) is 60.6 cm³/mol. The molecule has 4 heteroatoms. The largest absolute Gasteiger partial charge is 0.314 e. The lowest BCUT2D eigenvalue weighted by atomic mass is 10.4. The maximum Gasteiger partial charge on any atom is 0.00772 e. The average Bonchev–Trinajstić information content (AvgIpc) is 2.37. The number of hydrogen-bond donors (Lipinski definition) is 4. The van der Waals surface area contributed by atoms with Crippen molar-refractivity contribution in [3.8, 4) is 0 Å². The maximum absolute atomic E-state index is 4.00. The van der Waals surface area contributed by atoms with Crippen molar-refractivity contribution in [3.05, 3.63) is 36.4 Å². The lowest BCUT2D eigenvalue weighted by Crippen LogP contribution is -2.39. The lowest BCUT2D eigenvalue weighted by Gasteiger charge is -2.11. The molecule has 2 rings (SSSR count). The van der Waals surface area contributed by atoms with Gasteiger partial charge in [-0.05, 0) is 0 Å². The molecule has 1 heterocycles. The fourth-order valence-electron chi connectivity index (χ4n) is 0.988. The molecule has 14 heavy (non-hydrogen) atoms. The first-order valence-corrected chi connectivity index (χ1v) is 4.75. The third-order valence-electron chi connectivity index (χ3n) is 1.62. The topological polar surface area (TPSA) is 76.1 Å². The van der Waals surface area contributed by atoms with Gasteiger partial charge in [-0.3, -0.25) is 11.7 Å². The Morgan fingerprint density at radius 2 is 0.786 bits per heavy atom. The fourth-order valence-corrected chi connectivity index (χ4v) is 0.988. The molecule has 0 saturated carbocycles. The SMILES string of the molecule is C1CNCCN1.NN.c1ccccc1. The molecule has 0 aromatic heterocycles. The van der Waals surface area contributed by atoms with Crippen molar-refractivity contribution >= 4 is 0 Å². The number of nitrogens with one attached hydrogen (secondary N) is 2. The van der Waals surface area contributed by atoms with Crippen molar-refractivity contribution in [2.24, 2.45) is 11.7 Å². The number of piperazine rings is 1. The number of rotatable bonds is 0. The van der Waals surface area contributed by atoms with E-state index in [1.54, 1.807) is 0 Å². The molecule has 6 N–H and O–H groups in total. The van der Waals surface area contributed by atoms with Crippen molar-refractivity contribution in [2.45, 2.75) is 0 Å². The van der Waals surface area contributed by atoms with Gasteiger partial charge in [0.1, 0.15) is 0 Å². The van der Waals surface area contributed by atoms with Gasteiger partial charge in [0.15, 0.2) is 0 Å². The summed E-state index contributed by atoms with van der Waals surface area (Å²) in [4.78, 5) is 0. The van der Waals surface area contributed by atoms with Crippen molar-refractivity contribution < 1.29 is 0 Å². The second-order valence-electron chi connectivity index (χ2n) is 2.65. The van der Waals surface area contributed by atoms with Crippen LogP contribution in [-0.4, -0.2) is 26.2 Å². The predicted octanol–water partition coefficient (Wildman–Crippen LogP) is -0.315. The van der Waals surface area contributed by atoms with E-state index in [1.807, 2.05) is 36.4 Å². The molecule has 1 aliphatic rings. The first kappa shape index (κ1) is 13.1. The molecule has 1 aromatic carbocycles. The summed E-state index contributed by atoms with van der Waals surface area (Å²) in [5.74, 6) is 8.00. The van der Waals surface area contributed by atoms with Gasteiger partial charge in [0.2, 0.25) is 0 Å². The molecule has 0 unspecified atom stereocenters. The van der Waals surface area contributed by atoms with Crippen LogP contribution in [-0.2, 0) is 0 Å². The number of hydrazine groups is 1. The van der Waals surface area contributed by atoms with Gasteiger partial charge in [-0.25, -0.2) is 0 Å². The highest BCUT2D eigenvalue weighted by Gasteiger charge is 1.91. The quantitative estimate of drug-likeness (QED) is 0.339. The van der Waals surface area contributed by atoms with E-state index in [4.69, 9.17) is 0 Å². The Bertz CT molecular complexity index is 137. The Morgan fingerprint density at radius 1 is 0.571 bits per heavy atom. The minimum absolute atomic E-state index is 1.14. The van der Waals surface area contributed by atoms with Gasteiger partial charge in [-0.2, -0.15) is 0 Å². The molecular weight excluding hydrogens is 176 g/mol. The molecule has 0 atom stereocenters. The van der Waals surface area contributed by atoms with Crippen LogP contribution in [0.5, 0.6) is 0 Å². The summed E-state index contributed by atoms with van der Waals surface area (Å²) in [6.07, 6.45) is 0. The normalized spacial score (nSPS) is 14.1. The van der Waals surface area contributed by atoms with Crippen LogP contribution in [0.3, 0.4) is 0 Å². The maximum atomic E-state index is 4.00. The molecule has 1 aliphatic heterocycles. The third kappa shape index (κ3) is 9.15. The van der Waals surface area contributed by atoms with E-state index < -0.39 is 0 Å². The minimum Gasteiger partial charge on any atom is -0.314 e. The van der Waals surface area contributed by atoms with Crippen molar-refractivity contribution in [1.82, 2.24) is 10.6 Å². The Hall–Kier alpha value is -0.940. The zero-order chi connectivity index (χ0) is 10.5. The number of benzene rings is 1. The molecule has 0 radical (unpaired) electrons. The van der Waals surface area contributed by atoms with Crippen molar-refractivity contribution in [3.63, 3.8) is 0 Å². The summed E-state index contributed by atoms with van der Waals surface area (Å²) >= 11 is 0. The minimum atomic E-state index is 1.14. The molecule has 80 valence electrons. The molecule has 0 aliphatic carbocycles. The van der Waals surface area contributed by atoms with E-state index in [9.17, 15) is 0 Å². The van der Waals surface area contributed by atoms with E-state index in [0.717, 1.165) is 26.2 Å². The second-order valence-corrected chi connectivity index (χ2v) is 2.65. The first-order valence-electron chi connectivity index (χ1n) is 4.75. The van der Waals surface area contributed by atoms with Gasteiger partial charge in [0.05, 0.1) is 0 Å². The van der Waals surface area contributed by atoms with E-state index in [1.165, 1.54) is 0 Å². The van der Waals surface area contributed by atoms with Crippen LogP contribution in [0.4, 0.5) is 0 Å². The average molecular weight is 196 g/mol. The standard InChI is InChI=1S/C6H6.C4H10N2.H4N2/c1-2-4-6-5-3-1;1-2-6-4-3-5-1;1-2/h1-6H;5-6H,1-4H2;1-2H2. The van der Waals surface area contributed by atoms with Crippen LogP contribution < -0.4 is 22.3 Å². The van der Waals surface area contributed by atoms with Crippen LogP contribution in [0, 0.1) is 0 Å². The van der Waals surface area contributed by atoms with Crippen LogP contribution in [0.1, 0.15) is 0 Å². The van der Waals surface area contributed by atoms with Crippen LogP contribution >= 0.6 is 0 Å². The van der Waals surface area contributed by atoms with Gasteiger partial charge >= 0.3 is 0 Å². The molecule has 4 nitrogen and oxygen atoms in total. The summed E-state index contributed by atoms with van der Waals surface area (Å²) < 4.78 is 0. The monoisotopic (exact) mass is 196 g/mol. The smallest absolute Gasteiger partial charge is 0.00772 e. The lowest BCUT2D eigenvalue weighted by molar-refractivity contribution is 0.534. The molecule has 1 fully saturated rings. The van der Waals surface area contributed by atoms with E-state index in [2.05, 4.69) is 22.3 Å². The number of hydrogen-bond acceptors (Lipinski definition) is 4. The summed E-state index contributed by atoms with van der Waals surface area (Å²) in [7, 11) is 0. The highest BCUT2D eigenvalue weighted by molar-refractivity contribution is 4.99. The molecule has 0 spiro atoms. The first-order chi connectivity index (χ1) is 7.00. The van der Waals surface area contributed by atoms with Gasteiger partial charge in [0, 0.05) is 26.2 Å². The molecule has 1 saturated heterocycles. The summed E-state index contributed by atoms with van der Waals surface area (Å²) in [5, 5.41) is 6.44. The van der Waals surface area contributed by atoms with Gasteiger partial charge < -0.3 is 10.6 Å². The third-order valence-corrected chi connectivity index (χ3v) is 1.62. The van der Waals surface area contributed by atoms with Crippen LogP contribution in [0.2, 0.25) is 0 Å². The molecule has 1 aromatic rings. The van der Waals surface area contributed by atoms with Crippen LogP contribution in [0.15, 0.2) is 36.4 Å². The summed E-state index contributed by atoms with van der Waals surface area (Å²) in [6, 6.07) is 12.0. The van der Waals surface area contributed by atoms with E-state index in [0.29, 0.717) is 0 Å².